The standard InChI is InChI=1S/C18H26Cl2N2/c1-15(2,3)14-12(19)13-17(22-14)10-8-7-9-11(17)21-18(13,20)16(4,5)6/h7-10H2,1-6H3/t17-,18+/m1/s1. The molecule has 3 rings (SSSR count). The van der Waals surface area contributed by atoms with Gasteiger partial charge in [-0.1, -0.05) is 64.7 Å². The molecule has 1 saturated carbocycles. The Hall–Kier alpha value is -0.340. The number of aliphatic imine (C=N–C) groups is 2. The topological polar surface area (TPSA) is 24.7 Å². The van der Waals surface area contributed by atoms with Gasteiger partial charge in [-0.2, -0.15) is 0 Å². The van der Waals surface area contributed by atoms with Gasteiger partial charge in [0.25, 0.3) is 0 Å². The van der Waals surface area contributed by atoms with E-state index in [-0.39, 0.29) is 16.4 Å². The predicted octanol–water partition coefficient (Wildman–Crippen LogP) is 5.73. The van der Waals surface area contributed by atoms with Crippen LogP contribution in [0.2, 0.25) is 0 Å². The summed E-state index contributed by atoms with van der Waals surface area (Å²) in [6, 6.07) is 0. The van der Waals surface area contributed by atoms with Crippen LogP contribution >= 0.6 is 23.2 Å². The second-order valence-electron chi connectivity index (χ2n) is 8.90. The van der Waals surface area contributed by atoms with Gasteiger partial charge in [-0.15, -0.1) is 0 Å². The molecule has 0 aromatic heterocycles. The van der Waals surface area contributed by atoms with Crippen LogP contribution in [0.3, 0.4) is 0 Å². The van der Waals surface area contributed by atoms with Crippen LogP contribution in [-0.2, 0) is 0 Å². The smallest absolute Gasteiger partial charge is 0.164 e. The van der Waals surface area contributed by atoms with Crippen LogP contribution in [0, 0.1) is 10.8 Å². The van der Waals surface area contributed by atoms with E-state index in [9.17, 15) is 0 Å². The molecule has 0 aromatic carbocycles. The van der Waals surface area contributed by atoms with E-state index >= 15 is 0 Å². The number of nitrogens with zero attached hydrogens (tertiary/aromatic N) is 2. The van der Waals surface area contributed by atoms with E-state index < -0.39 is 5.00 Å². The van der Waals surface area contributed by atoms with E-state index in [0.717, 1.165) is 41.3 Å². The zero-order valence-corrected chi connectivity index (χ0v) is 16.0. The van der Waals surface area contributed by atoms with Gasteiger partial charge in [0.2, 0.25) is 0 Å². The summed E-state index contributed by atoms with van der Waals surface area (Å²) >= 11 is 14.0. The van der Waals surface area contributed by atoms with Crippen molar-refractivity contribution in [3.63, 3.8) is 0 Å². The molecule has 0 aromatic rings. The number of alkyl halides is 1. The Labute approximate surface area is 144 Å². The van der Waals surface area contributed by atoms with Crippen molar-refractivity contribution in [2.24, 2.45) is 20.8 Å². The highest BCUT2D eigenvalue weighted by molar-refractivity contribution is 6.48. The maximum Gasteiger partial charge on any atom is 0.164 e. The highest BCUT2D eigenvalue weighted by Gasteiger charge is 2.63. The van der Waals surface area contributed by atoms with E-state index in [0.29, 0.717) is 0 Å². The van der Waals surface area contributed by atoms with Crippen molar-refractivity contribution in [3.05, 3.63) is 10.6 Å². The molecule has 3 aliphatic rings. The maximum absolute atomic E-state index is 7.12. The molecule has 0 saturated heterocycles. The summed E-state index contributed by atoms with van der Waals surface area (Å²) < 4.78 is 0. The fraction of sp³-hybridized carbons (Fsp3) is 0.778. The van der Waals surface area contributed by atoms with Crippen LogP contribution in [0.4, 0.5) is 0 Å². The zero-order chi connectivity index (χ0) is 16.6. The first-order valence-electron chi connectivity index (χ1n) is 8.23. The zero-order valence-electron chi connectivity index (χ0n) is 14.5. The van der Waals surface area contributed by atoms with Gasteiger partial charge in [-0.25, -0.2) is 0 Å². The van der Waals surface area contributed by atoms with Crippen LogP contribution in [-0.4, -0.2) is 22.0 Å². The first kappa shape index (κ1) is 16.5. The number of hydrogen-bond donors (Lipinski definition) is 0. The fourth-order valence-electron chi connectivity index (χ4n) is 3.86. The number of rotatable bonds is 0. The average molecular weight is 341 g/mol. The molecule has 1 aliphatic carbocycles. The van der Waals surface area contributed by atoms with Gasteiger partial charge in [0.1, 0.15) is 5.54 Å². The van der Waals surface area contributed by atoms with Crippen molar-refractivity contribution in [2.45, 2.75) is 77.8 Å². The summed E-state index contributed by atoms with van der Waals surface area (Å²) in [4.78, 5) is 9.37. The quantitative estimate of drug-likeness (QED) is 0.397. The molecule has 2 nitrogen and oxygen atoms in total. The molecule has 4 heteroatoms. The van der Waals surface area contributed by atoms with Crippen LogP contribution in [0.1, 0.15) is 67.2 Å². The van der Waals surface area contributed by atoms with Crippen LogP contribution in [0.15, 0.2) is 20.6 Å². The second-order valence-corrected chi connectivity index (χ2v) is 9.82. The Bertz CT molecular complexity index is 616. The Kier molecular flexibility index (Phi) is 3.45. The molecule has 22 heavy (non-hydrogen) atoms. The molecule has 2 aliphatic heterocycles. The lowest BCUT2D eigenvalue weighted by molar-refractivity contribution is 0.312. The third kappa shape index (κ3) is 1.99. The lowest BCUT2D eigenvalue weighted by Gasteiger charge is -2.38. The maximum atomic E-state index is 7.12. The van der Waals surface area contributed by atoms with E-state index in [1.54, 1.807) is 0 Å². The number of hydrogen-bond acceptors (Lipinski definition) is 2. The molecule has 2 atom stereocenters. The highest BCUT2D eigenvalue weighted by atomic mass is 35.5. The summed E-state index contributed by atoms with van der Waals surface area (Å²) in [5, 5.41) is 0.762. The molecule has 0 bridgehead atoms. The molecule has 2 heterocycles. The molecule has 122 valence electrons. The summed E-state index contributed by atoms with van der Waals surface area (Å²) in [5.41, 5.74) is 2.55. The van der Waals surface area contributed by atoms with Crippen molar-refractivity contribution in [1.29, 1.82) is 0 Å². The summed E-state index contributed by atoms with van der Waals surface area (Å²) in [6.45, 7) is 12.9. The highest BCUT2D eigenvalue weighted by Crippen LogP contribution is 2.61. The average Bonchev–Trinajstić information content (AvgIpc) is 2.79. The molecule has 0 radical (unpaired) electrons. The Morgan fingerprint density at radius 1 is 1.00 bits per heavy atom. The predicted molar refractivity (Wildman–Crippen MR) is 96.4 cm³/mol. The molecule has 0 N–H and O–H groups in total. The van der Waals surface area contributed by atoms with Gasteiger partial charge in [0.05, 0.1) is 10.7 Å². The van der Waals surface area contributed by atoms with Crippen molar-refractivity contribution in [1.82, 2.24) is 0 Å². The van der Waals surface area contributed by atoms with Gasteiger partial charge in [-0.05, 0) is 25.7 Å². The van der Waals surface area contributed by atoms with Crippen molar-refractivity contribution in [3.8, 4) is 0 Å². The van der Waals surface area contributed by atoms with Crippen molar-refractivity contribution >= 4 is 34.6 Å². The molecule has 1 fully saturated rings. The van der Waals surface area contributed by atoms with Gasteiger partial charge in [0.15, 0.2) is 5.00 Å². The first-order chi connectivity index (χ1) is 9.93. The molecule has 0 amide bonds. The van der Waals surface area contributed by atoms with Gasteiger partial charge < -0.3 is 0 Å². The lowest BCUT2D eigenvalue weighted by atomic mass is 9.72. The summed E-state index contributed by atoms with van der Waals surface area (Å²) in [5.74, 6) is 0. The van der Waals surface area contributed by atoms with Crippen molar-refractivity contribution in [2.75, 3.05) is 0 Å². The third-order valence-corrected chi connectivity index (χ3v) is 6.36. The van der Waals surface area contributed by atoms with Crippen LogP contribution in [0.25, 0.3) is 0 Å². The normalized spacial score (nSPS) is 35.3. The Balaban J connectivity index is 2.28. The van der Waals surface area contributed by atoms with E-state index in [1.165, 1.54) is 6.42 Å². The SMILES string of the molecule is CC(C)(C)C1=N[C@]23CCCCC2=N[C@](Cl)(C(C)(C)C)C3=C1Cl. The fourth-order valence-corrected chi connectivity index (χ4v) is 4.88. The van der Waals surface area contributed by atoms with Gasteiger partial charge in [0, 0.05) is 22.1 Å². The number of halogens is 2. The minimum Gasteiger partial charge on any atom is -0.270 e. The summed E-state index contributed by atoms with van der Waals surface area (Å²) in [6.07, 6.45) is 4.30. The third-order valence-electron chi connectivity index (χ3n) is 5.15. The lowest BCUT2D eigenvalue weighted by Crippen LogP contribution is -2.43. The molecular weight excluding hydrogens is 315 g/mol. The second kappa shape index (κ2) is 4.60. The largest absolute Gasteiger partial charge is 0.270 e. The van der Waals surface area contributed by atoms with Crippen LogP contribution in [0.5, 0.6) is 0 Å². The van der Waals surface area contributed by atoms with Gasteiger partial charge in [-0.3, -0.25) is 9.98 Å². The Morgan fingerprint density at radius 2 is 1.64 bits per heavy atom. The van der Waals surface area contributed by atoms with Gasteiger partial charge >= 0.3 is 0 Å². The first-order valence-corrected chi connectivity index (χ1v) is 8.99. The minimum atomic E-state index is -0.778. The monoisotopic (exact) mass is 340 g/mol. The molecular formula is C18H26Cl2N2. The van der Waals surface area contributed by atoms with Crippen molar-refractivity contribution < 1.29 is 0 Å². The Morgan fingerprint density at radius 3 is 2.18 bits per heavy atom. The summed E-state index contributed by atoms with van der Waals surface area (Å²) in [7, 11) is 0. The molecule has 0 unspecified atom stereocenters. The van der Waals surface area contributed by atoms with E-state index in [1.807, 2.05) is 0 Å². The molecule has 1 spiro atoms. The van der Waals surface area contributed by atoms with E-state index in [2.05, 4.69) is 41.5 Å². The van der Waals surface area contributed by atoms with E-state index in [4.69, 9.17) is 33.2 Å². The minimum absolute atomic E-state index is 0.0819. The number of allylic oxidation sites excluding steroid dienone is 1. The van der Waals surface area contributed by atoms with Crippen LogP contribution < -0.4 is 0 Å².